The maximum atomic E-state index is 12.7. The number of piperidine rings is 1. The average Bonchev–Trinajstić information content (AvgIpc) is 2.87. The molecule has 0 saturated carbocycles. The summed E-state index contributed by atoms with van der Waals surface area (Å²) in [7, 11) is 0. The van der Waals surface area contributed by atoms with Gasteiger partial charge in [0.2, 0.25) is 5.91 Å². The van der Waals surface area contributed by atoms with E-state index in [0.29, 0.717) is 11.8 Å². The number of rotatable bonds is 2. The van der Waals surface area contributed by atoms with Gasteiger partial charge in [0.15, 0.2) is 0 Å². The molecule has 0 spiro atoms. The summed E-state index contributed by atoms with van der Waals surface area (Å²) in [4.78, 5) is 20.8. The van der Waals surface area contributed by atoms with Crippen LogP contribution in [0.5, 0.6) is 0 Å². The summed E-state index contributed by atoms with van der Waals surface area (Å²) < 4.78 is 0. The van der Waals surface area contributed by atoms with Gasteiger partial charge >= 0.3 is 0 Å². The first-order valence-electron chi connectivity index (χ1n) is 8.03. The molecule has 2 unspecified atom stereocenters. The molecule has 1 aliphatic heterocycles. The predicted octanol–water partition coefficient (Wildman–Crippen LogP) is 3.82. The zero-order valence-corrected chi connectivity index (χ0v) is 13.8. The number of allylic oxidation sites excluding steroid dienone is 2. The Morgan fingerprint density at radius 3 is 2.86 bits per heavy atom. The average molecular weight is 304 g/mol. The predicted molar refractivity (Wildman–Crippen MR) is 86.6 cm³/mol. The molecular weight excluding hydrogens is 280 g/mol. The Balaban J connectivity index is 1.67. The van der Waals surface area contributed by atoms with E-state index in [1.807, 2.05) is 11.3 Å². The van der Waals surface area contributed by atoms with Crippen LogP contribution in [-0.4, -0.2) is 28.9 Å². The van der Waals surface area contributed by atoms with Gasteiger partial charge in [-0.15, -0.1) is 11.3 Å². The molecule has 1 aliphatic carbocycles. The Morgan fingerprint density at radius 2 is 2.19 bits per heavy atom. The first-order chi connectivity index (χ1) is 10.1. The van der Waals surface area contributed by atoms with Gasteiger partial charge < -0.3 is 4.90 Å². The van der Waals surface area contributed by atoms with Gasteiger partial charge in [0.1, 0.15) is 0 Å². The Hall–Kier alpha value is -1.16. The highest BCUT2D eigenvalue weighted by Gasteiger charge is 2.30. The van der Waals surface area contributed by atoms with Crippen LogP contribution in [0.2, 0.25) is 0 Å². The summed E-state index contributed by atoms with van der Waals surface area (Å²) in [5.41, 5.74) is 1.15. The number of carbonyl (C=O) groups is 1. The largest absolute Gasteiger partial charge is 0.342 e. The van der Waals surface area contributed by atoms with Gasteiger partial charge in [-0.3, -0.25) is 4.79 Å². The van der Waals surface area contributed by atoms with Crippen LogP contribution >= 0.6 is 11.3 Å². The number of likely N-dealkylation sites (tertiary alicyclic amines) is 1. The van der Waals surface area contributed by atoms with Crippen LogP contribution in [-0.2, 0) is 4.79 Å². The van der Waals surface area contributed by atoms with Gasteiger partial charge in [-0.2, -0.15) is 0 Å². The van der Waals surface area contributed by atoms with E-state index in [-0.39, 0.29) is 5.92 Å². The fourth-order valence-corrected chi connectivity index (χ4v) is 4.38. The third-order valence-corrected chi connectivity index (χ3v) is 5.98. The Bertz CT molecular complexity index is 529. The van der Waals surface area contributed by atoms with Crippen molar-refractivity contribution in [3.63, 3.8) is 0 Å². The van der Waals surface area contributed by atoms with Crippen molar-refractivity contribution in [3.8, 4) is 0 Å². The third-order valence-electron chi connectivity index (χ3n) is 4.75. The van der Waals surface area contributed by atoms with Crippen LogP contribution in [0.4, 0.5) is 0 Å². The van der Waals surface area contributed by atoms with Crippen LogP contribution in [0.3, 0.4) is 0 Å². The van der Waals surface area contributed by atoms with E-state index in [4.69, 9.17) is 4.98 Å². The number of hydrogen-bond donors (Lipinski definition) is 0. The van der Waals surface area contributed by atoms with Crippen LogP contribution < -0.4 is 0 Å². The summed E-state index contributed by atoms with van der Waals surface area (Å²) in [6, 6.07) is 0. The second-order valence-corrected chi connectivity index (χ2v) is 7.53. The normalized spacial score (nSPS) is 26.1. The topological polar surface area (TPSA) is 33.2 Å². The number of aryl methyl sites for hydroxylation is 2. The van der Waals surface area contributed by atoms with Crippen LogP contribution in [0, 0.1) is 19.8 Å². The van der Waals surface area contributed by atoms with E-state index in [1.54, 1.807) is 0 Å². The molecule has 0 aromatic carbocycles. The monoisotopic (exact) mass is 304 g/mol. The molecule has 1 fully saturated rings. The van der Waals surface area contributed by atoms with Crippen LogP contribution in [0.15, 0.2) is 12.2 Å². The maximum Gasteiger partial charge on any atom is 0.226 e. The van der Waals surface area contributed by atoms with E-state index in [1.165, 1.54) is 16.3 Å². The number of carbonyl (C=O) groups excluding carboxylic acids is 1. The second kappa shape index (κ2) is 6.30. The molecule has 2 heterocycles. The highest BCUT2D eigenvalue weighted by molar-refractivity contribution is 7.11. The van der Waals surface area contributed by atoms with Crippen molar-refractivity contribution in [2.45, 2.75) is 51.9 Å². The van der Waals surface area contributed by atoms with Gasteiger partial charge in [-0.1, -0.05) is 12.2 Å². The number of amides is 1. The van der Waals surface area contributed by atoms with E-state index in [9.17, 15) is 4.79 Å². The molecule has 1 amide bonds. The zero-order valence-electron chi connectivity index (χ0n) is 13.0. The molecule has 114 valence electrons. The molecule has 3 rings (SSSR count). The summed E-state index contributed by atoms with van der Waals surface area (Å²) in [5.74, 6) is 1.03. The van der Waals surface area contributed by atoms with Gasteiger partial charge in [0, 0.05) is 29.8 Å². The van der Waals surface area contributed by atoms with E-state index < -0.39 is 0 Å². The molecule has 0 radical (unpaired) electrons. The molecule has 21 heavy (non-hydrogen) atoms. The van der Waals surface area contributed by atoms with Crippen molar-refractivity contribution < 1.29 is 4.79 Å². The first-order valence-corrected chi connectivity index (χ1v) is 8.84. The fraction of sp³-hybridized carbons (Fsp3) is 0.647. The number of hydrogen-bond acceptors (Lipinski definition) is 3. The Morgan fingerprint density at radius 1 is 1.33 bits per heavy atom. The molecule has 3 nitrogen and oxygen atoms in total. The fourth-order valence-electron chi connectivity index (χ4n) is 3.33. The standard InChI is InChI=1S/C17H24N2OS/c1-12-13(2)21-16(18-12)15-9-6-10-19(11-15)17(20)14-7-4-3-5-8-14/h3-4,14-15H,5-11H2,1-2H3. The highest BCUT2D eigenvalue weighted by atomic mass is 32.1. The minimum Gasteiger partial charge on any atom is -0.342 e. The minimum atomic E-state index is 0.216. The zero-order chi connectivity index (χ0) is 14.8. The quantitative estimate of drug-likeness (QED) is 0.778. The lowest BCUT2D eigenvalue weighted by atomic mass is 9.91. The van der Waals surface area contributed by atoms with Gasteiger partial charge in [-0.05, 0) is 46.0 Å². The van der Waals surface area contributed by atoms with E-state index in [2.05, 4.69) is 30.9 Å². The van der Waals surface area contributed by atoms with Crippen molar-refractivity contribution in [2.24, 2.45) is 5.92 Å². The molecule has 2 aliphatic rings. The number of nitrogens with zero attached hydrogens (tertiary/aromatic N) is 2. The summed E-state index contributed by atoms with van der Waals surface area (Å²) >= 11 is 1.81. The van der Waals surface area contributed by atoms with Crippen molar-refractivity contribution >= 4 is 17.2 Å². The third kappa shape index (κ3) is 3.20. The van der Waals surface area contributed by atoms with Gasteiger partial charge in [0.25, 0.3) is 0 Å². The van der Waals surface area contributed by atoms with Crippen molar-refractivity contribution in [1.29, 1.82) is 0 Å². The van der Waals surface area contributed by atoms with Crippen LogP contribution in [0.25, 0.3) is 0 Å². The van der Waals surface area contributed by atoms with Crippen molar-refractivity contribution in [2.75, 3.05) is 13.1 Å². The van der Waals surface area contributed by atoms with Crippen LogP contribution in [0.1, 0.15) is 53.6 Å². The molecule has 1 aromatic heterocycles. The van der Waals surface area contributed by atoms with E-state index >= 15 is 0 Å². The minimum absolute atomic E-state index is 0.216. The molecule has 1 saturated heterocycles. The summed E-state index contributed by atoms with van der Waals surface area (Å²) in [5, 5.41) is 1.23. The lowest BCUT2D eigenvalue weighted by Crippen LogP contribution is -2.42. The Kier molecular flexibility index (Phi) is 4.43. The molecule has 2 atom stereocenters. The molecule has 4 heteroatoms. The van der Waals surface area contributed by atoms with E-state index in [0.717, 1.165) is 44.5 Å². The molecule has 0 bridgehead atoms. The SMILES string of the molecule is Cc1nc(C2CCCN(C(=O)C3CC=CCC3)C2)sc1C. The van der Waals surface area contributed by atoms with Gasteiger partial charge in [-0.25, -0.2) is 4.98 Å². The molecule has 0 N–H and O–H groups in total. The molecular formula is C17H24N2OS. The number of thiazole rings is 1. The van der Waals surface area contributed by atoms with Crippen molar-refractivity contribution in [1.82, 2.24) is 9.88 Å². The molecule has 1 aromatic rings. The lowest BCUT2D eigenvalue weighted by molar-refractivity contribution is -0.137. The number of aromatic nitrogens is 1. The first kappa shape index (κ1) is 14.8. The van der Waals surface area contributed by atoms with Crippen molar-refractivity contribution in [3.05, 3.63) is 27.7 Å². The Labute approximate surface area is 131 Å². The summed E-state index contributed by atoms with van der Waals surface area (Å²) in [6.45, 7) is 6.01. The summed E-state index contributed by atoms with van der Waals surface area (Å²) in [6.07, 6.45) is 9.64. The highest BCUT2D eigenvalue weighted by Crippen LogP contribution is 2.32. The second-order valence-electron chi connectivity index (χ2n) is 6.30. The van der Waals surface area contributed by atoms with Gasteiger partial charge in [0.05, 0.1) is 10.7 Å². The lowest BCUT2D eigenvalue weighted by Gasteiger charge is -2.34. The maximum absolute atomic E-state index is 12.7. The smallest absolute Gasteiger partial charge is 0.226 e.